The van der Waals surface area contributed by atoms with E-state index in [1.807, 2.05) is 13.8 Å². The number of terminal acetylenes is 1. The maximum atomic E-state index is 11.7. The molecule has 2 heteroatoms. The molecular weight excluding hydrogens is 188 g/mol. The van der Waals surface area contributed by atoms with Crippen LogP contribution in [0, 0.1) is 29.2 Å². The zero-order chi connectivity index (χ0) is 11.4. The predicted octanol–water partition coefficient (Wildman–Crippen LogP) is 2.49. The second-order valence-electron chi connectivity index (χ2n) is 5.09. The van der Waals surface area contributed by atoms with Gasteiger partial charge in [-0.25, -0.2) is 0 Å². The normalized spacial score (nSPS) is 11.1. The molecule has 0 aliphatic rings. The van der Waals surface area contributed by atoms with Gasteiger partial charge in [0.1, 0.15) is 8.07 Å². The lowest BCUT2D eigenvalue weighted by Gasteiger charge is -2.16. The van der Waals surface area contributed by atoms with Crippen LogP contribution in [0.15, 0.2) is 0 Å². The summed E-state index contributed by atoms with van der Waals surface area (Å²) in [4.78, 5) is 11.7. The lowest BCUT2D eigenvalue weighted by molar-refractivity contribution is -0.121. The minimum atomic E-state index is -1.46. The van der Waals surface area contributed by atoms with E-state index >= 15 is 0 Å². The molecule has 14 heavy (non-hydrogen) atoms. The van der Waals surface area contributed by atoms with Crippen LogP contribution in [-0.4, -0.2) is 13.9 Å². The van der Waals surface area contributed by atoms with Gasteiger partial charge in [-0.2, -0.15) is 0 Å². The molecule has 0 fully saturated rings. The Hall–Kier alpha value is -0.993. The van der Waals surface area contributed by atoms with Crippen LogP contribution in [0.4, 0.5) is 0 Å². The molecule has 0 heterocycles. The third-order valence-electron chi connectivity index (χ3n) is 1.71. The van der Waals surface area contributed by atoms with Gasteiger partial charge in [0.25, 0.3) is 0 Å². The maximum Gasteiger partial charge on any atom is 0.211 e. The summed E-state index contributed by atoms with van der Waals surface area (Å²) in [5.41, 5.74) is 2.56. The van der Waals surface area contributed by atoms with E-state index in [1.54, 1.807) is 0 Å². The van der Waals surface area contributed by atoms with Crippen LogP contribution in [0.3, 0.4) is 0 Å². The van der Waals surface area contributed by atoms with E-state index in [0.29, 0.717) is 6.42 Å². The summed E-state index contributed by atoms with van der Waals surface area (Å²) in [6.45, 7) is 10.0. The molecule has 76 valence electrons. The highest BCUT2D eigenvalue weighted by Crippen LogP contribution is 2.20. The number of hydrogen-bond acceptors (Lipinski definition) is 1. The Kier molecular flexibility index (Phi) is 4.17. The molecule has 0 saturated heterocycles. The third kappa shape index (κ3) is 4.89. The summed E-state index contributed by atoms with van der Waals surface area (Å²) >= 11 is 0. The Balaban J connectivity index is 4.65. The largest absolute Gasteiger partial charge is 0.284 e. The lowest BCUT2D eigenvalue weighted by atomic mass is 9.85. The zero-order valence-electron chi connectivity index (χ0n) is 9.69. The van der Waals surface area contributed by atoms with E-state index in [1.165, 1.54) is 0 Å². The average Bonchev–Trinajstić information content (AvgIpc) is 1.98. The molecule has 0 aromatic heterocycles. The molecule has 0 bridgehead atoms. The molecule has 0 N–H and O–H groups in total. The van der Waals surface area contributed by atoms with Gasteiger partial charge in [-0.15, -0.1) is 17.9 Å². The fourth-order valence-corrected chi connectivity index (χ4v) is 1.24. The Morgan fingerprint density at radius 1 is 1.36 bits per heavy atom. The summed E-state index contributed by atoms with van der Waals surface area (Å²) in [6, 6.07) is 0. The van der Waals surface area contributed by atoms with Crippen LogP contribution in [0.5, 0.6) is 0 Å². The molecule has 0 radical (unpaired) electrons. The van der Waals surface area contributed by atoms with Crippen molar-refractivity contribution in [3.8, 4) is 23.8 Å². The van der Waals surface area contributed by atoms with Gasteiger partial charge in [0.15, 0.2) is 0 Å². The van der Waals surface area contributed by atoms with Crippen molar-refractivity contribution in [2.24, 2.45) is 5.41 Å². The highest BCUT2D eigenvalue weighted by Gasteiger charge is 2.25. The Labute approximate surface area is 88.3 Å². The third-order valence-corrected chi connectivity index (χ3v) is 2.58. The van der Waals surface area contributed by atoms with Gasteiger partial charge >= 0.3 is 0 Å². The summed E-state index contributed by atoms with van der Waals surface area (Å²) in [7, 11) is -1.46. The molecule has 0 aliphatic carbocycles. The number of ketones is 1. The van der Waals surface area contributed by atoms with E-state index in [-0.39, 0.29) is 5.78 Å². The van der Waals surface area contributed by atoms with Gasteiger partial charge in [0.2, 0.25) is 5.78 Å². The Morgan fingerprint density at radius 2 is 1.86 bits per heavy atom. The monoisotopic (exact) mass is 206 g/mol. The molecule has 0 amide bonds. The summed E-state index contributed by atoms with van der Waals surface area (Å²) in [5, 5.41) is 0. The standard InChI is InChI=1S/C12H18OSi/c1-7-9-12(2,3)11(13)8-10-14(4,5)6/h1H,9H2,2-6H3. The van der Waals surface area contributed by atoms with Gasteiger partial charge in [-0.1, -0.05) is 33.5 Å². The number of carbonyl (C=O) groups excluding carboxylic acids is 1. The number of Topliss-reactive ketones (excluding diaryl/α,β-unsaturated/α-hetero) is 1. The molecule has 0 spiro atoms. The van der Waals surface area contributed by atoms with Crippen LogP contribution in [-0.2, 0) is 4.79 Å². The SMILES string of the molecule is C#CCC(C)(C)C(=O)C#C[Si](C)(C)C. The van der Waals surface area contributed by atoms with Crippen LogP contribution < -0.4 is 0 Å². The quantitative estimate of drug-likeness (QED) is 0.501. The molecule has 1 nitrogen and oxygen atoms in total. The molecule has 0 aromatic carbocycles. The first-order valence-corrected chi connectivity index (χ1v) is 8.20. The van der Waals surface area contributed by atoms with Crippen molar-refractivity contribution in [2.45, 2.75) is 39.9 Å². The fourth-order valence-electron chi connectivity index (χ4n) is 0.749. The fraction of sp³-hybridized carbons (Fsp3) is 0.583. The van der Waals surface area contributed by atoms with Crippen LogP contribution in [0.1, 0.15) is 20.3 Å². The first-order chi connectivity index (χ1) is 6.19. The molecule has 0 rings (SSSR count). The Morgan fingerprint density at radius 3 is 2.21 bits per heavy atom. The van der Waals surface area contributed by atoms with E-state index in [9.17, 15) is 4.79 Å². The summed E-state index contributed by atoms with van der Waals surface area (Å²) in [5.74, 6) is 5.19. The molecule has 0 aliphatic heterocycles. The molecular formula is C12H18OSi. The van der Waals surface area contributed by atoms with Crippen molar-refractivity contribution >= 4 is 13.9 Å². The lowest BCUT2D eigenvalue weighted by Crippen LogP contribution is -2.24. The topological polar surface area (TPSA) is 17.1 Å². The van der Waals surface area contributed by atoms with Crippen LogP contribution >= 0.6 is 0 Å². The molecule has 0 unspecified atom stereocenters. The second kappa shape index (κ2) is 4.49. The van der Waals surface area contributed by atoms with E-state index in [0.717, 1.165) is 0 Å². The van der Waals surface area contributed by atoms with Gasteiger partial charge in [-0.05, 0) is 5.92 Å². The summed E-state index contributed by atoms with van der Waals surface area (Å²) < 4.78 is 0. The highest BCUT2D eigenvalue weighted by atomic mass is 28.3. The van der Waals surface area contributed by atoms with Crippen molar-refractivity contribution in [1.82, 2.24) is 0 Å². The number of rotatable bonds is 2. The molecule has 0 aromatic rings. The predicted molar refractivity (Wildman–Crippen MR) is 63.4 cm³/mol. The van der Waals surface area contributed by atoms with Crippen molar-refractivity contribution in [3.63, 3.8) is 0 Å². The van der Waals surface area contributed by atoms with Gasteiger partial charge in [0, 0.05) is 11.8 Å². The zero-order valence-corrected chi connectivity index (χ0v) is 10.7. The maximum absolute atomic E-state index is 11.7. The van der Waals surface area contributed by atoms with Crippen molar-refractivity contribution < 1.29 is 4.79 Å². The second-order valence-corrected chi connectivity index (χ2v) is 9.84. The van der Waals surface area contributed by atoms with Crippen molar-refractivity contribution in [3.05, 3.63) is 0 Å². The highest BCUT2D eigenvalue weighted by molar-refractivity contribution is 6.84. The first-order valence-electron chi connectivity index (χ1n) is 4.70. The van der Waals surface area contributed by atoms with Gasteiger partial charge < -0.3 is 0 Å². The van der Waals surface area contributed by atoms with Crippen LogP contribution in [0.2, 0.25) is 19.6 Å². The Bertz CT molecular complexity index is 315. The smallest absolute Gasteiger partial charge is 0.211 e. The molecule has 0 saturated carbocycles. The first kappa shape index (κ1) is 13.0. The van der Waals surface area contributed by atoms with Gasteiger partial charge in [-0.3, -0.25) is 4.79 Å². The van der Waals surface area contributed by atoms with E-state index in [4.69, 9.17) is 6.42 Å². The average molecular weight is 206 g/mol. The van der Waals surface area contributed by atoms with Gasteiger partial charge in [0.05, 0.1) is 0 Å². The van der Waals surface area contributed by atoms with E-state index in [2.05, 4.69) is 37.0 Å². The minimum absolute atomic E-state index is 0.0436. The minimum Gasteiger partial charge on any atom is -0.284 e. The van der Waals surface area contributed by atoms with Crippen molar-refractivity contribution in [1.29, 1.82) is 0 Å². The van der Waals surface area contributed by atoms with Crippen LogP contribution in [0.25, 0.3) is 0 Å². The van der Waals surface area contributed by atoms with Crippen molar-refractivity contribution in [2.75, 3.05) is 0 Å². The molecule has 0 atom stereocenters. The summed E-state index contributed by atoms with van der Waals surface area (Å²) in [6.07, 6.45) is 5.64. The van der Waals surface area contributed by atoms with E-state index < -0.39 is 13.5 Å². The number of hydrogen-bond donors (Lipinski definition) is 0. The number of carbonyl (C=O) groups is 1.